The van der Waals surface area contributed by atoms with Crippen LogP contribution in [0.5, 0.6) is 0 Å². The predicted octanol–water partition coefficient (Wildman–Crippen LogP) is 2.26. The van der Waals surface area contributed by atoms with Crippen LogP contribution in [0.1, 0.15) is 24.8 Å². The van der Waals surface area contributed by atoms with Gasteiger partial charge in [0.1, 0.15) is 0 Å². The van der Waals surface area contributed by atoms with E-state index >= 15 is 0 Å². The van der Waals surface area contributed by atoms with Crippen LogP contribution in [0.3, 0.4) is 0 Å². The first-order valence-corrected chi connectivity index (χ1v) is 6.73. The van der Waals surface area contributed by atoms with Crippen molar-refractivity contribution in [1.29, 1.82) is 0 Å². The second-order valence-electron chi connectivity index (χ2n) is 4.76. The Labute approximate surface area is 112 Å². The van der Waals surface area contributed by atoms with E-state index in [1.54, 1.807) is 4.90 Å². The van der Waals surface area contributed by atoms with Gasteiger partial charge in [-0.3, -0.25) is 4.79 Å². The van der Waals surface area contributed by atoms with Gasteiger partial charge in [-0.15, -0.1) is 0 Å². The minimum Gasteiger partial charge on any atom is -0.391 e. The number of rotatable bonds is 4. The third-order valence-corrected chi connectivity index (χ3v) is 3.54. The van der Waals surface area contributed by atoms with Crippen LogP contribution < -0.4 is 0 Å². The molecule has 0 saturated carbocycles. The summed E-state index contributed by atoms with van der Waals surface area (Å²) >= 11 is 5.81. The minimum absolute atomic E-state index is 0.153. The summed E-state index contributed by atoms with van der Waals surface area (Å²) in [7, 11) is 0. The quantitative estimate of drug-likeness (QED) is 0.909. The van der Waals surface area contributed by atoms with Crippen molar-refractivity contribution >= 4 is 17.5 Å². The molecule has 1 aliphatic heterocycles. The molecule has 1 N–H and O–H groups in total. The molecule has 3 nitrogen and oxygen atoms in total. The van der Waals surface area contributed by atoms with Crippen LogP contribution in [-0.2, 0) is 11.2 Å². The van der Waals surface area contributed by atoms with Crippen LogP contribution in [-0.4, -0.2) is 35.1 Å². The maximum absolute atomic E-state index is 11.8. The van der Waals surface area contributed by atoms with Crippen LogP contribution in [0.25, 0.3) is 0 Å². The highest BCUT2D eigenvalue weighted by molar-refractivity contribution is 6.30. The molecule has 0 bridgehead atoms. The summed E-state index contributed by atoms with van der Waals surface area (Å²) in [5, 5.41) is 10.1. The molecule has 0 aromatic heterocycles. The molecule has 4 heteroatoms. The maximum Gasteiger partial charge on any atom is 0.222 e. The highest BCUT2D eigenvalue weighted by atomic mass is 35.5. The normalized spacial score (nSPS) is 19.2. The number of amides is 1. The fourth-order valence-corrected chi connectivity index (χ4v) is 2.35. The second-order valence-corrected chi connectivity index (χ2v) is 5.20. The number of halogens is 1. The number of carbonyl (C=O) groups is 1. The molecular formula is C14H18ClNO2. The topological polar surface area (TPSA) is 40.5 Å². The van der Waals surface area contributed by atoms with Crippen molar-refractivity contribution in [2.75, 3.05) is 13.1 Å². The lowest BCUT2D eigenvalue weighted by molar-refractivity contribution is -0.130. The number of hydrogen-bond donors (Lipinski definition) is 1. The molecule has 0 spiro atoms. The standard InChI is InChI=1S/C14H18ClNO2/c15-12-6-4-11(5-7-12)2-1-3-14(18)16-9-8-13(17)10-16/h4-7,13,17H,1-3,8-10H2/t13-/m0/s1. The van der Waals surface area contributed by atoms with E-state index in [0.29, 0.717) is 25.9 Å². The number of likely N-dealkylation sites (tertiary alicyclic amines) is 1. The van der Waals surface area contributed by atoms with E-state index in [9.17, 15) is 9.90 Å². The molecular weight excluding hydrogens is 250 g/mol. The Morgan fingerprint density at radius 3 is 2.72 bits per heavy atom. The zero-order chi connectivity index (χ0) is 13.0. The molecule has 0 aliphatic carbocycles. The third-order valence-electron chi connectivity index (χ3n) is 3.29. The molecule has 1 aromatic carbocycles. The van der Waals surface area contributed by atoms with Crippen molar-refractivity contribution in [1.82, 2.24) is 4.90 Å². The van der Waals surface area contributed by atoms with Crippen molar-refractivity contribution in [2.24, 2.45) is 0 Å². The summed E-state index contributed by atoms with van der Waals surface area (Å²) in [6.07, 6.45) is 2.66. The molecule has 0 unspecified atom stereocenters. The van der Waals surface area contributed by atoms with E-state index in [0.717, 1.165) is 17.9 Å². The summed E-state index contributed by atoms with van der Waals surface area (Å²) in [5.41, 5.74) is 1.20. The zero-order valence-corrected chi connectivity index (χ0v) is 11.1. The van der Waals surface area contributed by atoms with Gasteiger partial charge in [0.05, 0.1) is 6.10 Å². The summed E-state index contributed by atoms with van der Waals surface area (Å²) in [6, 6.07) is 7.73. The zero-order valence-electron chi connectivity index (χ0n) is 10.3. The van der Waals surface area contributed by atoms with Crippen LogP contribution in [0.15, 0.2) is 24.3 Å². The lowest BCUT2D eigenvalue weighted by Crippen LogP contribution is -2.29. The number of benzene rings is 1. The Bertz CT molecular complexity index is 405. The molecule has 1 amide bonds. The fourth-order valence-electron chi connectivity index (χ4n) is 2.22. The Balaban J connectivity index is 1.72. The molecule has 1 aromatic rings. The monoisotopic (exact) mass is 267 g/mol. The van der Waals surface area contributed by atoms with E-state index < -0.39 is 0 Å². The van der Waals surface area contributed by atoms with Gasteiger partial charge in [-0.05, 0) is 37.0 Å². The SMILES string of the molecule is O=C(CCCc1ccc(Cl)cc1)N1CC[C@H](O)C1. The second kappa shape index (κ2) is 6.21. The van der Waals surface area contributed by atoms with Gasteiger partial charge in [0, 0.05) is 24.5 Å². The predicted molar refractivity (Wildman–Crippen MR) is 71.6 cm³/mol. The largest absolute Gasteiger partial charge is 0.391 e. The number of hydrogen-bond acceptors (Lipinski definition) is 2. The van der Waals surface area contributed by atoms with Gasteiger partial charge < -0.3 is 10.0 Å². The van der Waals surface area contributed by atoms with E-state index in [1.807, 2.05) is 24.3 Å². The first-order valence-electron chi connectivity index (χ1n) is 6.35. The van der Waals surface area contributed by atoms with Gasteiger partial charge in [0.2, 0.25) is 5.91 Å². The van der Waals surface area contributed by atoms with Crippen molar-refractivity contribution in [3.05, 3.63) is 34.9 Å². The Kier molecular flexibility index (Phi) is 4.61. The molecule has 98 valence electrons. The first kappa shape index (κ1) is 13.4. The van der Waals surface area contributed by atoms with Gasteiger partial charge in [-0.1, -0.05) is 23.7 Å². The molecule has 1 fully saturated rings. The molecule has 1 aliphatic rings. The molecule has 2 rings (SSSR count). The number of aliphatic hydroxyl groups is 1. The lowest BCUT2D eigenvalue weighted by Gasteiger charge is -2.15. The van der Waals surface area contributed by atoms with Crippen LogP contribution >= 0.6 is 11.6 Å². The molecule has 18 heavy (non-hydrogen) atoms. The first-order chi connectivity index (χ1) is 8.65. The Morgan fingerprint density at radius 1 is 1.39 bits per heavy atom. The van der Waals surface area contributed by atoms with Crippen molar-refractivity contribution < 1.29 is 9.90 Å². The third kappa shape index (κ3) is 3.72. The van der Waals surface area contributed by atoms with Gasteiger partial charge in [0.15, 0.2) is 0 Å². The maximum atomic E-state index is 11.8. The summed E-state index contributed by atoms with van der Waals surface area (Å²) in [4.78, 5) is 13.6. The van der Waals surface area contributed by atoms with Crippen molar-refractivity contribution in [3.63, 3.8) is 0 Å². The average molecular weight is 268 g/mol. The number of aryl methyl sites for hydroxylation is 1. The summed E-state index contributed by atoms with van der Waals surface area (Å²) in [6.45, 7) is 1.20. The summed E-state index contributed by atoms with van der Waals surface area (Å²) < 4.78 is 0. The van der Waals surface area contributed by atoms with Crippen molar-refractivity contribution in [3.8, 4) is 0 Å². The molecule has 1 heterocycles. The molecule has 0 radical (unpaired) electrons. The van der Waals surface area contributed by atoms with Gasteiger partial charge in [-0.25, -0.2) is 0 Å². The van der Waals surface area contributed by atoms with Crippen LogP contribution in [0.4, 0.5) is 0 Å². The van der Waals surface area contributed by atoms with Gasteiger partial charge in [0.25, 0.3) is 0 Å². The lowest BCUT2D eigenvalue weighted by atomic mass is 10.1. The van der Waals surface area contributed by atoms with Gasteiger partial charge >= 0.3 is 0 Å². The number of aliphatic hydroxyl groups excluding tert-OH is 1. The Hall–Kier alpha value is -1.06. The summed E-state index contributed by atoms with van der Waals surface area (Å²) in [5.74, 6) is 0.153. The highest BCUT2D eigenvalue weighted by Gasteiger charge is 2.23. The molecule has 1 atom stereocenters. The Morgan fingerprint density at radius 2 is 2.11 bits per heavy atom. The van der Waals surface area contributed by atoms with E-state index in [2.05, 4.69) is 0 Å². The van der Waals surface area contributed by atoms with E-state index in [-0.39, 0.29) is 12.0 Å². The average Bonchev–Trinajstić information content (AvgIpc) is 2.78. The van der Waals surface area contributed by atoms with Crippen LogP contribution in [0, 0.1) is 0 Å². The number of nitrogens with zero attached hydrogens (tertiary/aromatic N) is 1. The molecule has 1 saturated heterocycles. The fraction of sp³-hybridized carbons (Fsp3) is 0.500. The number of β-amino-alcohol motifs (C(OH)–C–C–N with tert-alkyl or cyclic N) is 1. The van der Waals surface area contributed by atoms with E-state index in [1.165, 1.54) is 5.56 Å². The number of carbonyl (C=O) groups excluding carboxylic acids is 1. The minimum atomic E-state index is -0.329. The highest BCUT2D eigenvalue weighted by Crippen LogP contribution is 2.14. The van der Waals surface area contributed by atoms with Crippen LogP contribution in [0.2, 0.25) is 5.02 Å². The van der Waals surface area contributed by atoms with Crippen molar-refractivity contribution in [2.45, 2.75) is 31.8 Å². The van der Waals surface area contributed by atoms with E-state index in [4.69, 9.17) is 11.6 Å². The van der Waals surface area contributed by atoms with Gasteiger partial charge in [-0.2, -0.15) is 0 Å². The smallest absolute Gasteiger partial charge is 0.222 e.